The Bertz CT molecular complexity index is 506. The predicted octanol–water partition coefficient (Wildman–Crippen LogP) is 3.03. The van der Waals surface area contributed by atoms with Gasteiger partial charge in [0.05, 0.1) is 11.0 Å². The van der Waals surface area contributed by atoms with Crippen LogP contribution in [0.1, 0.15) is 38.1 Å². The summed E-state index contributed by atoms with van der Waals surface area (Å²) < 4.78 is 0. The SMILES string of the molecule is CSc1ccc(C(=O)NC(C)(C)C(C)(C)C(=O)O)cc1. The first-order valence-electron chi connectivity index (χ1n) is 6.32. The monoisotopic (exact) mass is 295 g/mol. The second-order valence-corrected chi connectivity index (χ2v) is 6.62. The van der Waals surface area contributed by atoms with Crippen LogP contribution in [-0.2, 0) is 4.79 Å². The largest absolute Gasteiger partial charge is 0.481 e. The van der Waals surface area contributed by atoms with Crippen molar-refractivity contribution in [2.45, 2.75) is 38.1 Å². The standard InChI is InChI=1S/C15H21NO3S/c1-14(2,13(18)19)15(3,4)16-12(17)10-6-8-11(20-5)9-7-10/h6-9H,1-5H3,(H,16,17)(H,18,19). The zero-order valence-electron chi connectivity index (χ0n) is 12.5. The molecule has 0 atom stereocenters. The van der Waals surface area contributed by atoms with E-state index in [9.17, 15) is 14.7 Å². The van der Waals surface area contributed by atoms with Crippen LogP contribution >= 0.6 is 11.8 Å². The Morgan fingerprint density at radius 3 is 2.00 bits per heavy atom. The normalized spacial score (nSPS) is 12.1. The fourth-order valence-corrected chi connectivity index (χ4v) is 1.93. The van der Waals surface area contributed by atoms with Gasteiger partial charge < -0.3 is 10.4 Å². The van der Waals surface area contributed by atoms with Crippen molar-refractivity contribution in [1.29, 1.82) is 0 Å². The molecule has 0 bridgehead atoms. The smallest absolute Gasteiger partial charge is 0.311 e. The van der Waals surface area contributed by atoms with Crippen molar-refractivity contribution in [3.05, 3.63) is 29.8 Å². The van der Waals surface area contributed by atoms with E-state index in [-0.39, 0.29) is 5.91 Å². The number of carbonyl (C=O) groups excluding carboxylic acids is 1. The zero-order valence-corrected chi connectivity index (χ0v) is 13.3. The van der Waals surface area contributed by atoms with Crippen LogP contribution in [0.2, 0.25) is 0 Å². The summed E-state index contributed by atoms with van der Waals surface area (Å²) in [5, 5.41) is 12.1. The molecule has 1 rings (SSSR count). The van der Waals surface area contributed by atoms with Crippen molar-refractivity contribution < 1.29 is 14.7 Å². The molecule has 0 fully saturated rings. The van der Waals surface area contributed by atoms with Gasteiger partial charge in [-0.3, -0.25) is 9.59 Å². The summed E-state index contributed by atoms with van der Waals surface area (Å²) in [4.78, 5) is 24.6. The summed E-state index contributed by atoms with van der Waals surface area (Å²) >= 11 is 1.60. The molecule has 0 heterocycles. The van der Waals surface area contributed by atoms with Crippen LogP contribution in [0, 0.1) is 5.41 Å². The third kappa shape index (κ3) is 3.33. The molecule has 20 heavy (non-hydrogen) atoms. The lowest BCUT2D eigenvalue weighted by Gasteiger charge is -2.38. The number of nitrogens with one attached hydrogen (secondary N) is 1. The molecule has 0 aliphatic carbocycles. The molecule has 0 spiro atoms. The Morgan fingerprint density at radius 1 is 1.10 bits per heavy atom. The lowest BCUT2D eigenvalue weighted by Crippen LogP contribution is -2.56. The molecule has 0 saturated heterocycles. The molecule has 4 nitrogen and oxygen atoms in total. The Morgan fingerprint density at radius 2 is 1.60 bits per heavy atom. The van der Waals surface area contributed by atoms with Crippen molar-refractivity contribution in [3.63, 3.8) is 0 Å². The van der Waals surface area contributed by atoms with E-state index in [1.165, 1.54) is 0 Å². The summed E-state index contributed by atoms with van der Waals surface area (Å²) in [6.45, 7) is 6.64. The van der Waals surface area contributed by atoms with Crippen LogP contribution in [0.4, 0.5) is 0 Å². The third-order valence-electron chi connectivity index (χ3n) is 3.88. The van der Waals surface area contributed by atoms with Crippen LogP contribution in [-0.4, -0.2) is 28.8 Å². The fraction of sp³-hybridized carbons (Fsp3) is 0.467. The summed E-state index contributed by atoms with van der Waals surface area (Å²) in [5.41, 5.74) is -1.41. The van der Waals surface area contributed by atoms with Gasteiger partial charge >= 0.3 is 5.97 Å². The fourth-order valence-electron chi connectivity index (χ4n) is 1.52. The molecule has 0 aromatic heterocycles. The van der Waals surface area contributed by atoms with E-state index < -0.39 is 16.9 Å². The first-order chi connectivity index (χ1) is 9.11. The molecule has 0 saturated carbocycles. The van der Waals surface area contributed by atoms with Crippen LogP contribution in [0.5, 0.6) is 0 Å². The molecule has 1 aromatic carbocycles. The topological polar surface area (TPSA) is 66.4 Å². The van der Waals surface area contributed by atoms with Crippen molar-refractivity contribution in [2.75, 3.05) is 6.26 Å². The van der Waals surface area contributed by atoms with E-state index in [1.54, 1.807) is 51.6 Å². The van der Waals surface area contributed by atoms with Gasteiger partial charge in [0.25, 0.3) is 5.91 Å². The molecule has 0 aliphatic heterocycles. The highest BCUT2D eigenvalue weighted by Gasteiger charge is 2.44. The Balaban J connectivity index is 2.91. The predicted molar refractivity (Wildman–Crippen MR) is 81.2 cm³/mol. The summed E-state index contributed by atoms with van der Waals surface area (Å²) in [7, 11) is 0. The number of aliphatic carboxylic acids is 1. The first kappa shape index (κ1) is 16.6. The number of hydrogen-bond donors (Lipinski definition) is 2. The molecule has 0 aliphatic rings. The molecule has 2 N–H and O–H groups in total. The number of carboxylic acid groups (broad SMARTS) is 1. The number of benzene rings is 1. The van der Waals surface area contributed by atoms with Crippen LogP contribution in [0.15, 0.2) is 29.2 Å². The van der Waals surface area contributed by atoms with E-state index >= 15 is 0 Å². The Labute approximate surface area is 124 Å². The zero-order chi connectivity index (χ0) is 15.6. The summed E-state index contributed by atoms with van der Waals surface area (Å²) in [5.74, 6) is -1.21. The molecule has 110 valence electrons. The van der Waals surface area contributed by atoms with E-state index in [0.717, 1.165) is 4.90 Å². The second-order valence-electron chi connectivity index (χ2n) is 5.74. The second kappa shape index (κ2) is 5.87. The molecule has 0 unspecified atom stereocenters. The molecule has 5 heteroatoms. The number of thioether (sulfide) groups is 1. The highest BCUT2D eigenvalue weighted by Crippen LogP contribution is 2.31. The minimum atomic E-state index is -1.07. The van der Waals surface area contributed by atoms with E-state index in [4.69, 9.17) is 0 Å². The quantitative estimate of drug-likeness (QED) is 0.819. The summed E-state index contributed by atoms with van der Waals surface area (Å²) in [6, 6.07) is 7.22. The first-order valence-corrected chi connectivity index (χ1v) is 7.54. The highest BCUT2D eigenvalue weighted by molar-refractivity contribution is 7.98. The van der Waals surface area contributed by atoms with Crippen LogP contribution < -0.4 is 5.32 Å². The minimum absolute atomic E-state index is 0.267. The van der Waals surface area contributed by atoms with Gasteiger partial charge in [-0.2, -0.15) is 0 Å². The maximum atomic E-state index is 12.2. The van der Waals surface area contributed by atoms with Gasteiger partial charge in [-0.1, -0.05) is 0 Å². The number of carbonyl (C=O) groups is 2. The number of amides is 1. The highest BCUT2D eigenvalue weighted by atomic mass is 32.2. The van der Waals surface area contributed by atoms with Gasteiger partial charge in [-0.25, -0.2) is 0 Å². The number of carboxylic acids is 1. The Kier molecular flexibility index (Phi) is 4.86. The van der Waals surface area contributed by atoms with Gasteiger partial charge in [0, 0.05) is 10.5 Å². The van der Waals surface area contributed by atoms with Crippen molar-refractivity contribution in [1.82, 2.24) is 5.32 Å². The lowest BCUT2D eigenvalue weighted by molar-refractivity contribution is -0.150. The summed E-state index contributed by atoms with van der Waals surface area (Å²) in [6.07, 6.45) is 1.97. The molecular formula is C15H21NO3S. The molecule has 1 aromatic rings. The molecular weight excluding hydrogens is 274 g/mol. The average molecular weight is 295 g/mol. The molecule has 0 radical (unpaired) electrons. The Hall–Kier alpha value is -1.49. The lowest BCUT2D eigenvalue weighted by atomic mass is 9.74. The van der Waals surface area contributed by atoms with E-state index in [0.29, 0.717) is 5.56 Å². The van der Waals surface area contributed by atoms with Crippen LogP contribution in [0.25, 0.3) is 0 Å². The average Bonchev–Trinajstić information content (AvgIpc) is 2.37. The van der Waals surface area contributed by atoms with Gasteiger partial charge in [0.2, 0.25) is 0 Å². The maximum Gasteiger partial charge on any atom is 0.311 e. The van der Waals surface area contributed by atoms with Gasteiger partial charge in [-0.05, 0) is 58.2 Å². The minimum Gasteiger partial charge on any atom is -0.481 e. The number of rotatable bonds is 5. The maximum absolute atomic E-state index is 12.2. The van der Waals surface area contributed by atoms with Crippen molar-refractivity contribution in [3.8, 4) is 0 Å². The van der Waals surface area contributed by atoms with Crippen LogP contribution in [0.3, 0.4) is 0 Å². The van der Waals surface area contributed by atoms with Crippen molar-refractivity contribution in [2.24, 2.45) is 5.41 Å². The van der Waals surface area contributed by atoms with E-state index in [1.807, 2.05) is 18.4 Å². The third-order valence-corrected chi connectivity index (χ3v) is 4.62. The van der Waals surface area contributed by atoms with Gasteiger partial charge in [0.1, 0.15) is 0 Å². The van der Waals surface area contributed by atoms with Gasteiger partial charge in [0.15, 0.2) is 0 Å². The van der Waals surface area contributed by atoms with Crippen molar-refractivity contribution >= 4 is 23.6 Å². The van der Waals surface area contributed by atoms with Gasteiger partial charge in [-0.15, -0.1) is 11.8 Å². The number of hydrogen-bond acceptors (Lipinski definition) is 3. The van der Waals surface area contributed by atoms with E-state index in [2.05, 4.69) is 5.32 Å². The molecule has 1 amide bonds.